The van der Waals surface area contributed by atoms with Crippen molar-refractivity contribution in [2.75, 3.05) is 26.4 Å². The summed E-state index contributed by atoms with van der Waals surface area (Å²) in [5.41, 5.74) is 0. The minimum absolute atomic E-state index is 0.240. The van der Waals surface area contributed by atoms with Gasteiger partial charge in [-0.3, -0.25) is 4.79 Å². The lowest BCUT2D eigenvalue weighted by Crippen LogP contribution is -2.66. The monoisotopic (exact) mass is 1260 g/mol. The Bertz CT molecular complexity index is 1600. The van der Waals surface area contributed by atoms with E-state index in [1.54, 1.807) is 0 Å². The summed E-state index contributed by atoms with van der Waals surface area (Å²) >= 11 is 0. The zero-order valence-corrected chi connectivity index (χ0v) is 55.2. The average molecular weight is 1260 g/mol. The van der Waals surface area contributed by atoms with Gasteiger partial charge in [-0.25, -0.2) is 0 Å². The average Bonchev–Trinajstić information content (AvgIpc) is 1.59. The van der Waals surface area contributed by atoms with E-state index in [1.807, 2.05) is 0 Å². The standard InChI is InChI=1S/C69H133NO18/c1-3-5-7-9-11-13-15-16-17-18-19-20-21-22-23-24-25-26-27-28-29-30-31-32-33-34-35-36-37-38-40-42-44-46-53(74)52(70-57(75)47-45-43-41-39-14-12-10-8-6-4-2)51-83-67-63(81)60(78)65(55(49-72)85-67)88-69-64(82)61(79)66(56(50-73)86-69)87-68-62(80)59(77)58(76)54(48-71)84-68/h52-56,58-69,71-74,76-82H,3-51H2,1-2H3,(H,70,75). The first-order valence-corrected chi connectivity index (χ1v) is 36.3. The maximum atomic E-state index is 13.3. The highest BCUT2D eigenvalue weighted by Gasteiger charge is 2.53. The summed E-state index contributed by atoms with van der Waals surface area (Å²) in [5, 5.41) is 120. The third kappa shape index (κ3) is 33.8. The molecular formula is C69H133NO18. The van der Waals surface area contributed by atoms with Crippen LogP contribution in [0.15, 0.2) is 0 Å². The second kappa shape index (κ2) is 52.1. The highest BCUT2D eigenvalue weighted by molar-refractivity contribution is 5.76. The molecule has 3 rings (SSSR count). The number of aliphatic hydroxyl groups excluding tert-OH is 11. The number of carbonyl (C=O) groups is 1. The van der Waals surface area contributed by atoms with Crippen LogP contribution in [0.25, 0.3) is 0 Å². The fourth-order valence-electron chi connectivity index (χ4n) is 12.8. The molecule has 0 saturated carbocycles. The van der Waals surface area contributed by atoms with Crippen LogP contribution < -0.4 is 5.32 Å². The minimum atomic E-state index is -1.97. The minimum Gasteiger partial charge on any atom is -0.394 e. The quantitative estimate of drug-likeness (QED) is 0.0252. The number of unbranched alkanes of at least 4 members (excludes halogenated alkanes) is 41. The normalized spacial score (nSPS) is 28.3. The van der Waals surface area contributed by atoms with Gasteiger partial charge >= 0.3 is 0 Å². The van der Waals surface area contributed by atoms with Gasteiger partial charge in [-0.2, -0.15) is 0 Å². The first-order chi connectivity index (χ1) is 42.8. The molecular weight excluding hydrogens is 1130 g/mol. The molecule has 0 radical (unpaired) electrons. The van der Waals surface area contributed by atoms with Crippen LogP contribution in [0, 0.1) is 0 Å². The second-order valence-electron chi connectivity index (χ2n) is 26.4. The zero-order chi connectivity index (χ0) is 64.0. The van der Waals surface area contributed by atoms with Crippen LogP contribution in [0.3, 0.4) is 0 Å². The molecule has 522 valence electrons. The lowest BCUT2D eigenvalue weighted by molar-refractivity contribution is -0.379. The summed E-state index contributed by atoms with van der Waals surface area (Å²) in [7, 11) is 0. The molecule has 0 aromatic rings. The van der Waals surface area contributed by atoms with Gasteiger partial charge in [0.25, 0.3) is 0 Å². The molecule has 17 unspecified atom stereocenters. The van der Waals surface area contributed by atoms with E-state index in [2.05, 4.69) is 19.2 Å². The molecule has 0 bridgehead atoms. The molecule has 19 nitrogen and oxygen atoms in total. The van der Waals surface area contributed by atoms with Gasteiger partial charge in [0.1, 0.15) is 73.2 Å². The Labute approximate surface area is 532 Å². The number of amides is 1. The summed E-state index contributed by atoms with van der Waals surface area (Å²) in [6, 6.07) is -0.880. The lowest BCUT2D eigenvalue weighted by Gasteiger charge is -2.48. The number of aliphatic hydroxyl groups is 11. The molecule has 12 N–H and O–H groups in total. The van der Waals surface area contributed by atoms with E-state index in [0.717, 1.165) is 44.9 Å². The molecule has 3 aliphatic rings. The number of hydrogen-bond acceptors (Lipinski definition) is 18. The van der Waals surface area contributed by atoms with Crippen molar-refractivity contribution in [3.05, 3.63) is 0 Å². The van der Waals surface area contributed by atoms with Crippen molar-refractivity contribution in [2.24, 2.45) is 0 Å². The van der Waals surface area contributed by atoms with Gasteiger partial charge in [0.15, 0.2) is 18.9 Å². The van der Waals surface area contributed by atoms with Crippen LogP contribution >= 0.6 is 0 Å². The third-order valence-electron chi connectivity index (χ3n) is 18.7. The third-order valence-corrected chi connectivity index (χ3v) is 18.7. The predicted octanol–water partition coefficient (Wildman–Crippen LogP) is 9.89. The Hall–Kier alpha value is -1.21. The first-order valence-electron chi connectivity index (χ1n) is 36.3. The fraction of sp³-hybridized carbons (Fsp3) is 0.986. The van der Waals surface area contributed by atoms with Gasteiger partial charge in [-0.05, 0) is 12.8 Å². The van der Waals surface area contributed by atoms with E-state index in [9.17, 15) is 61.0 Å². The van der Waals surface area contributed by atoms with Crippen molar-refractivity contribution in [2.45, 2.75) is 407 Å². The van der Waals surface area contributed by atoms with Crippen LogP contribution in [0.5, 0.6) is 0 Å². The van der Waals surface area contributed by atoms with E-state index in [4.69, 9.17) is 28.4 Å². The number of carbonyl (C=O) groups excluding carboxylic acids is 1. The SMILES string of the molecule is CCCCCCCCCCCCCCCCCCCCCCCCCCCCCCCCCCCC(O)C(COC1OC(CO)C(OC2OC(CO)C(OC3OC(CO)C(O)C(O)C3O)C(O)C2O)C(O)C1O)NC(=O)CCCCCCCCCCCC. The number of rotatable bonds is 57. The first kappa shape index (κ1) is 81.0. The molecule has 3 aliphatic heterocycles. The summed E-state index contributed by atoms with van der Waals surface area (Å²) in [6.07, 6.45) is 29.5. The van der Waals surface area contributed by atoms with Gasteiger partial charge < -0.3 is 89.9 Å². The molecule has 3 saturated heterocycles. The van der Waals surface area contributed by atoms with E-state index in [1.165, 1.54) is 225 Å². The van der Waals surface area contributed by atoms with Gasteiger partial charge in [0, 0.05) is 6.42 Å². The molecule has 19 heteroatoms. The van der Waals surface area contributed by atoms with Crippen LogP contribution in [0.1, 0.15) is 303 Å². The topological polar surface area (TPSA) is 307 Å². The van der Waals surface area contributed by atoms with Gasteiger partial charge in [0.05, 0.1) is 38.6 Å². The van der Waals surface area contributed by atoms with Gasteiger partial charge in [0.2, 0.25) is 5.91 Å². The Morgan fingerprint density at radius 3 is 0.989 bits per heavy atom. The molecule has 0 aromatic heterocycles. The molecule has 0 aliphatic carbocycles. The van der Waals surface area contributed by atoms with Gasteiger partial charge in [-0.1, -0.05) is 284 Å². The lowest BCUT2D eigenvalue weighted by atomic mass is 9.96. The zero-order valence-electron chi connectivity index (χ0n) is 55.2. The van der Waals surface area contributed by atoms with Crippen molar-refractivity contribution in [3.63, 3.8) is 0 Å². The van der Waals surface area contributed by atoms with Crippen molar-refractivity contribution >= 4 is 5.91 Å². The number of hydrogen-bond donors (Lipinski definition) is 12. The Morgan fingerprint density at radius 1 is 0.364 bits per heavy atom. The molecule has 1 amide bonds. The second-order valence-corrected chi connectivity index (χ2v) is 26.4. The highest BCUT2D eigenvalue weighted by Crippen LogP contribution is 2.33. The van der Waals surface area contributed by atoms with E-state index in [0.29, 0.717) is 12.8 Å². The predicted molar refractivity (Wildman–Crippen MR) is 342 cm³/mol. The van der Waals surface area contributed by atoms with Gasteiger partial charge in [-0.15, -0.1) is 0 Å². The van der Waals surface area contributed by atoms with Crippen LogP contribution in [-0.2, 0) is 33.2 Å². The molecule has 88 heavy (non-hydrogen) atoms. The van der Waals surface area contributed by atoms with Crippen LogP contribution in [-0.4, -0.2) is 193 Å². The maximum absolute atomic E-state index is 13.3. The summed E-state index contributed by atoms with van der Waals surface area (Å²) < 4.78 is 34.4. The van der Waals surface area contributed by atoms with Crippen LogP contribution in [0.2, 0.25) is 0 Å². The molecule has 0 spiro atoms. The van der Waals surface area contributed by atoms with Crippen molar-refractivity contribution < 1.29 is 89.4 Å². The van der Waals surface area contributed by atoms with Crippen molar-refractivity contribution in [3.8, 4) is 0 Å². The van der Waals surface area contributed by atoms with Crippen LogP contribution in [0.4, 0.5) is 0 Å². The highest BCUT2D eigenvalue weighted by atomic mass is 16.8. The van der Waals surface area contributed by atoms with E-state index >= 15 is 0 Å². The molecule has 3 heterocycles. The van der Waals surface area contributed by atoms with Crippen molar-refractivity contribution in [1.29, 1.82) is 0 Å². The number of nitrogens with one attached hydrogen (secondary N) is 1. The Balaban J connectivity index is 1.32. The summed E-state index contributed by atoms with van der Waals surface area (Å²) in [5.74, 6) is -0.240. The largest absolute Gasteiger partial charge is 0.394 e. The van der Waals surface area contributed by atoms with E-state index < -0.39 is 124 Å². The smallest absolute Gasteiger partial charge is 0.220 e. The number of ether oxygens (including phenoxy) is 6. The molecule has 3 fully saturated rings. The Morgan fingerprint density at radius 2 is 0.648 bits per heavy atom. The summed E-state index contributed by atoms with van der Waals surface area (Å²) in [4.78, 5) is 13.3. The molecule has 17 atom stereocenters. The van der Waals surface area contributed by atoms with E-state index in [-0.39, 0.29) is 18.9 Å². The summed E-state index contributed by atoms with van der Waals surface area (Å²) in [6.45, 7) is 1.81. The molecule has 0 aromatic carbocycles. The fourth-order valence-corrected chi connectivity index (χ4v) is 12.8. The maximum Gasteiger partial charge on any atom is 0.220 e. The van der Waals surface area contributed by atoms with Crippen molar-refractivity contribution in [1.82, 2.24) is 5.32 Å². The Kier molecular flexibility index (Phi) is 48.0.